The number of esters is 1. The highest BCUT2D eigenvalue weighted by atomic mass is 16.5. The van der Waals surface area contributed by atoms with Crippen LogP contribution in [-0.4, -0.2) is 51.7 Å². The number of nitrogens with one attached hydrogen (secondary N) is 2. The van der Waals surface area contributed by atoms with Crippen molar-refractivity contribution < 1.29 is 28.6 Å². The van der Waals surface area contributed by atoms with E-state index in [2.05, 4.69) is 29.6 Å². The lowest BCUT2D eigenvalue weighted by molar-refractivity contribution is -0.125. The number of carbonyl (C=O) groups excluding carboxylic acids is 3. The maximum atomic E-state index is 12.2. The molecule has 31 heavy (non-hydrogen) atoms. The van der Waals surface area contributed by atoms with E-state index in [9.17, 15) is 14.4 Å². The summed E-state index contributed by atoms with van der Waals surface area (Å²) in [6, 6.07) is 11.6. The van der Waals surface area contributed by atoms with Crippen LogP contribution in [0.4, 0.5) is 5.69 Å². The fraction of sp³-hybridized carbons (Fsp3) is 0.318. The average molecular weight is 429 g/mol. The lowest BCUT2D eigenvalue weighted by atomic mass is 10.2. The summed E-state index contributed by atoms with van der Waals surface area (Å²) in [5, 5.41) is 0. The van der Waals surface area contributed by atoms with Gasteiger partial charge in [0.2, 0.25) is 0 Å². The van der Waals surface area contributed by atoms with Gasteiger partial charge in [0.1, 0.15) is 11.5 Å². The lowest BCUT2D eigenvalue weighted by Gasteiger charge is -2.21. The predicted molar refractivity (Wildman–Crippen MR) is 115 cm³/mol. The molecule has 0 aromatic heterocycles. The van der Waals surface area contributed by atoms with Gasteiger partial charge >= 0.3 is 5.97 Å². The maximum absolute atomic E-state index is 12.2. The Hall–Kier alpha value is -3.75. The number of methoxy groups -OCH3 is 2. The summed E-state index contributed by atoms with van der Waals surface area (Å²) in [5.41, 5.74) is 6.07. The van der Waals surface area contributed by atoms with E-state index in [0.29, 0.717) is 17.1 Å². The molecule has 0 atom stereocenters. The molecule has 2 N–H and O–H groups in total. The van der Waals surface area contributed by atoms with Gasteiger partial charge in [-0.1, -0.05) is 0 Å². The summed E-state index contributed by atoms with van der Waals surface area (Å²) in [5.74, 6) is -1.07. The minimum absolute atomic E-state index is 0.168. The molecule has 0 saturated carbocycles. The molecular formula is C22H27N3O6. The molecule has 0 bridgehead atoms. The van der Waals surface area contributed by atoms with Gasteiger partial charge in [-0.05, 0) is 50.2 Å². The SMILES string of the molecule is CCN(CC)c1ccc(C(=O)NNC(=O)COC(=O)c2cc(OC)cc(OC)c2)cc1. The van der Waals surface area contributed by atoms with E-state index in [0.717, 1.165) is 18.8 Å². The second kappa shape index (κ2) is 11.4. The molecule has 0 heterocycles. The molecule has 0 saturated heterocycles. The van der Waals surface area contributed by atoms with Crippen LogP contribution < -0.4 is 25.2 Å². The zero-order valence-corrected chi connectivity index (χ0v) is 18.1. The Morgan fingerprint density at radius 3 is 1.94 bits per heavy atom. The number of carbonyl (C=O) groups is 3. The van der Waals surface area contributed by atoms with E-state index in [-0.39, 0.29) is 5.56 Å². The van der Waals surface area contributed by atoms with Gasteiger partial charge in [-0.3, -0.25) is 20.4 Å². The van der Waals surface area contributed by atoms with Gasteiger partial charge in [-0.15, -0.1) is 0 Å². The van der Waals surface area contributed by atoms with Crippen LogP contribution in [-0.2, 0) is 9.53 Å². The normalized spacial score (nSPS) is 10.1. The number of anilines is 1. The van der Waals surface area contributed by atoms with Crippen LogP contribution >= 0.6 is 0 Å². The summed E-state index contributed by atoms with van der Waals surface area (Å²) >= 11 is 0. The molecule has 0 aliphatic heterocycles. The Labute approximate surface area is 181 Å². The molecule has 0 aliphatic rings. The van der Waals surface area contributed by atoms with Crippen molar-refractivity contribution in [2.24, 2.45) is 0 Å². The van der Waals surface area contributed by atoms with Gasteiger partial charge in [0.15, 0.2) is 6.61 Å². The maximum Gasteiger partial charge on any atom is 0.338 e. The van der Waals surface area contributed by atoms with Crippen molar-refractivity contribution in [2.45, 2.75) is 13.8 Å². The number of ether oxygens (including phenoxy) is 3. The Kier molecular flexibility index (Phi) is 8.68. The van der Waals surface area contributed by atoms with Crippen molar-refractivity contribution in [2.75, 3.05) is 38.8 Å². The number of hydrazine groups is 1. The van der Waals surface area contributed by atoms with Crippen LogP contribution in [0.3, 0.4) is 0 Å². The third-order valence-electron chi connectivity index (χ3n) is 4.50. The molecule has 9 heteroatoms. The smallest absolute Gasteiger partial charge is 0.338 e. The van der Waals surface area contributed by atoms with Crippen LogP contribution in [0.2, 0.25) is 0 Å². The van der Waals surface area contributed by atoms with Gasteiger partial charge in [0.05, 0.1) is 19.8 Å². The highest BCUT2D eigenvalue weighted by Gasteiger charge is 2.14. The zero-order chi connectivity index (χ0) is 22.8. The first kappa shape index (κ1) is 23.5. The first-order valence-corrected chi connectivity index (χ1v) is 9.76. The number of rotatable bonds is 9. The highest BCUT2D eigenvalue weighted by molar-refractivity contribution is 5.96. The number of benzene rings is 2. The third-order valence-corrected chi connectivity index (χ3v) is 4.50. The van der Waals surface area contributed by atoms with E-state index >= 15 is 0 Å². The summed E-state index contributed by atoms with van der Waals surface area (Å²) in [4.78, 5) is 38.4. The fourth-order valence-corrected chi connectivity index (χ4v) is 2.79. The Morgan fingerprint density at radius 2 is 1.42 bits per heavy atom. The largest absolute Gasteiger partial charge is 0.497 e. The Bertz CT molecular complexity index is 888. The highest BCUT2D eigenvalue weighted by Crippen LogP contribution is 2.23. The number of amides is 2. The topological polar surface area (TPSA) is 106 Å². The summed E-state index contributed by atoms with van der Waals surface area (Å²) in [6.07, 6.45) is 0. The van der Waals surface area contributed by atoms with Gasteiger partial charge in [-0.2, -0.15) is 0 Å². The zero-order valence-electron chi connectivity index (χ0n) is 18.1. The van der Waals surface area contributed by atoms with Crippen LogP contribution in [0.25, 0.3) is 0 Å². The Morgan fingerprint density at radius 1 is 0.839 bits per heavy atom. The van der Waals surface area contributed by atoms with Crippen molar-refractivity contribution in [1.82, 2.24) is 10.9 Å². The molecule has 2 rings (SSSR count). The van der Waals surface area contributed by atoms with Crippen LogP contribution in [0, 0.1) is 0 Å². The quantitative estimate of drug-likeness (QED) is 0.465. The number of hydrogen-bond acceptors (Lipinski definition) is 7. The van der Waals surface area contributed by atoms with Crippen molar-refractivity contribution in [1.29, 1.82) is 0 Å². The summed E-state index contributed by atoms with van der Waals surface area (Å²) in [6.45, 7) is 5.26. The van der Waals surface area contributed by atoms with Gasteiger partial charge in [0.25, 0.3) is 11.8 Å². The van der Waals surface area contributed by atoms with E-state index < -0.39 is 24.4 Å². The van der Waals surface area contributed by atoms with Crippen molar-refractivity contribution >= 4 is 23.5 Å². The molecule has 9 nitrogen and oxygen atoms in total. The van der Waals surface area contributed by atoms with E-state index in [1.54, 1.807) is 18.2 Å². The van der Waals surface area contributed by atoms with Crippen LogP contribution in [0.5, 0.6) is 11.5 Å². The van der Waals surface area contributed by atoms with Gasteiger partial charge in [0, 0.05) is 30.4 Å². The molecule has 0 aliphatic carbocycles. The van der Waals surface area contributed by atoms with E-state index in [1.165, 1.54) is 26.4 Å². The molecule has 0 spiro atoms. The molecular weight excluding hydrogens is 402 g/mol. The van der Waals surface area contributed by atoms with Crippen LogP contribution in [0.15, 0.2) is 42.5 Å². The van der Waals surface area contributed by atoms with E-state index in [4.69, 9.17) is 14.2 Å². The second-order valence-corrected chi connectivity index (χ2v) is 6.40. The van der Waals surface area contributed by atoms with Crippen molar-refractivity contribution in [3.05, 3.63) is 53.6 Å². The third kappa shape index (κ3) is 6.63. The molecule has 2 amide bonds. The van der Waals surface area contributed by atoms with Crippen LogP contribution in [0.1, 0.15) is 34.6 Å². The lowest BCUT2D eigenvalue weighted by Crippen LogP contribution is -2.43. The van der Waals surface area contributed by atoms with Gasteiger partial charge < -0.3 is 19.1 Å². The molecule has 0 fully saturated rings. The van der Waals surface area contributed by atoms with Gasteiger partial charge in [-0.25, -0.2) is 4.79 Å². The molecule has 2 aromatic rings. The van der Waals surface area contributed by atoms with Crippen molar-refractivity contribution in [3.8, 4) is 11.5 Å². The summed E-state index contributed by atoms with van der Waals surface area (Å²) < 4.78 is 15.2. The molecule has 0 unspecified atom stereocenters. The first-order chi connectivity index (χ1) is 14.9. The molecule has 166 valence electrons. The average Bonchev–Trinajstić information content (AvgIpc) is 2.81. The summed E-state index contributed by atoms with van der Waals surface area (Å²) in [7, 11) is 2.91. The molecule has 0 radical (unpaired) electrons. The van der Waals surface area contributed by atoms with Crippen molar-refractivity contribution in [3.63, 3.8) is 0 Å². The van der Waals surface area contributed by atoms with E-state index in [1.807, 2.05) is 12.1 Å². The Balaban J connectivity index is 1.85. The minimum atomic E-state index is -0.731. The standard InChI is InChI=1S/C22H27N3O6/c1-5-25(6-2)17-9-7-15(8-10-17)21(27)24-23-20(26)14-31-22(28)16-11-18(29-3)13-19(12-16)30-4/h7-13H,5-6,14H2,1-4H3,(H,23,26)(H,24,27). The number of nitrogens with zero attached hydrogens (tertiary/aromatic N) is 1. The second-order valence-electron chi connectivity index (χ2n) is 6.40. The number of hydrogen-bond donors (Lipinski definition) is 2. The minimum Gasteiger partial charge on any atom is -0.497 e. The monoisotopic (exact) mass is 429 g/mol. The first-order valence-electron chi connectivity index (χ1n) is 9.76. The fourth-order valence-electron chi connectivity index (χ4n) is 2.79. The molecule has 2 aromatic carbocycles. The predicted octanol–water partition coefficient (Wildman–Crippen LogP) is 2.17.